The molecule has 0 spiro atoms. The van der Waals surface area contributed by atoms with Crippen molar-refractivity contribution in [2.45, 2.75) is 41.2 Å². The van der Waals surface area contributed by atoms with Gasteiger partial charge in [-0.2, -0.15) is 0 Å². The van der Waals surface area contributed by atoms with E-state index >= 15 is 0 Å². The summed E-state index contributed by atoms with van der Waals surface area (Å²) in [4.78, 5) is 13.7. The summed E-state index contributed by atoms with van der Waals surface area (Å²) in [5, 5.41) is 3.33. The maximum atomic E-state index is 4.66. The van der Waals surface area contributed by atoms with Crippen LogP contribution in [0.3, 0.4) is 0 Å². The molecule has 4 heteroatoms. The first kappa shape index (κ1) is 14.6. The lowest BCUT2D eigenvalue weighted by Crippen LogP contribution is -2.15. The van der Waals surface area contributed by atoms with Gasteiger partial charge >= 0.3 is 0 Å². The zero-order valence-corrected chi connectivity index (χ0v) is 12.9. The van der Waals surface area contributed by atoms with Crippen LogP contribution in [0.4, 0.5) is 0 Å². The third-order valence-corrected chi connectivity index (χ3v) is 3.31. The molecular weight excluding hydrogens is 248 g/mol. The van der Waals surface area contributed by atoms with Gasteiger partial charge in [-0.1, -0.05) is 6.92 Å². The second-order valence-electron chi connectivity index (χ2n) is 5.12. The van der Waals surface area contributed by atoms with E-state index in [2.05, 4.69) is 27.2 Å². The van der Waals surface area contributed by atoms with Gasteiger partial charge in [0.2, 0.25) is 0 Å². The van der Waals surface area contributed by atoms with Crippen molar-refractivity contribution in [3.8, 4) is 11.4 Å². The van der Waals surface area contributed by atoms with E-state index in [1.54, 1.807) is 0 Å². The molecule has 20 heavy (non-hydrogen) atoms. The van der Waals surface area contributed by atoms with Crippen molar-refractivity contribution >= 4 is 0 Å². The van der Waals surface area contributed by atoms with E-state index in [1.165, 1.54) is 5.56 Å². The van der Waals surface area contributed by atoms with Gasteiger partial charge in [0.15, 0.2) is 5.82 Å². The predicted octanol–water partition coefficient (Wildman–Crippen LogP) is 2.88. The first-order valence-electron chi connectivity index (χ1n) is 7.01. The number of aryl methyl sites for hydroxylation is 4. The summed E-state index contributed by atoms with van der Waals surface area (Å²) in [6, 6.07) is 4.07. The van der Waals surface area contributed by atoms with E-state index in [0.717, 1.165) is 47.3 Å². The lowest BCUT2D eigenvalue weighted by atomic mass is 10.1. The molecule has 0 atom stereocenters. The Labute approximate surface area is 120 Å². The fraction of sp³-hybridized carbons (Fsp3) is 0.438. The number of hydrogen-bond acceptors (Lipinski definition) is 4. The topological polar surface area (TPSA) is 50.7 Å². The van der Waals surface area contributed by atoms with Crippen LogP contribution in [-0.2, 0) is 6.54 Å². The minimum absolute atomic E-state index is 0.786. The SMILES string of the molecule is CCNCc1c(C)nc(-c2cc(C)nc(C)c2)nc1C. The van der Waals surface area contributed by atoms with E-state index in [-0.39, 0.29) is 0 Å². The fourth-order valence-corrected chi connectivity index (χ4v) is 2.34. The van der Waals surface area contributed by atoms with Crippen LogP contribution < -0.4 is 5.32 Å². The molecule has 2 aromatic heterocycles. The van der Waals surface area contributed by atoms with Gasteiger partial charge in [-0.25, -0.2) is 9.97 Å². The van der Waals surface area contributed by atoms with Gasteiger partial charge in [0.25, 0.3) is 0 Å². The molecule has 0 saturated carbocycles. The normalized spacial score (nSPS) is 10.8. The van der Waals surface area contributed by atoms with Crippen LogP contribution in [0.5, 0.6) is 0 Å². The van der Waals surface area contributed by atoms with Crippen molar-refractivity contribution in [2.24, 2.45) is 0 Å². The predicted molar refractivity (Wildman–Crippen MR) is 81.6 cm³/mol. The molecular formula is C16H22N4. The van der Waals surface area contributed by atoms with Gasteiger partial charge in [0, 0.05) is 40.4 Å². The molecule has 2 heterocycles. The Hall–Kier alpha value is -1.81. The van der Waals surface area contributed by atoms with Gasteiger partial charge in [0.05, 0.1) is 0 Å². The van der Waals surface area contributed by atoms with Crippen molar-refractivity contribution < 1.29 is 0 Å². The Morgan fingerprint density at radius 1 is 0.900 bits per heavy atom. The van der Waals surface area contributed by atoms with Crippen LogP contribution in [0, 0.1) is 27.7 Å². The van der Waals surface area contributed by atoms with Gasteiger partial charge in [0.1, 0.15) is 0 Å². The largest absolute Gasteiger partial charge is 0.313 e. The standard InChI is InChI=1S/C16H22N4/c1-6-17-9-15-12(4)19-16(20-13(15)5)14-7-10(2)18-11(3)8-14/h7-8,17H,6,9H2,1-5H3. The van der Waals surface area contributed by atoms with E-state index in [1.807, 2.05) is 39.8 Å². The Balaban J connectivity index is 2.43. The van der Waals surface area contributed by atoms with Crippen molar-refractivity contribution in [1.82, 2.24) is 20.3 Å². The molecule has 4 nitrogen and oxygen atoms in total. The monoisotopic (exact) mass is 270 g/mol. The maximum absolute atomic E-state index is 4.66. The highest BCUT2D eigenvalue weighted by molar-refractivity contribution is 5.56. The first-order valence-corrected chi connectivity index (χ1v) is 7.01. The van der Waals surface area contributed by atoms with Crippen LogP contribution in [0.25, 0.3) is 11.4 Å². The molecule has 0 bridgehead atoms. The van der Waals surface area contributed by atoms with Crippen molar-refractivity contribution in [3.05, 3.63) is 40.5 Å². The Morgan fingerprint density at radius 2 is 1.45 bits per heavy atom. The molecule has 0 unspecified atom stereocenters. The molecule has 2 rings (SSSR count). The van der Waals surface area contributed by atoms with Crippen LogP contribution >= 0.6 is 0 Å². The van der Waals surface area contributed by atoms with Crippen LogP contribution in [0.1, 0.15) is 35.3 Å². The van der Waals surface area contributed by atoms with Gasteiger partial charge in [-0.15, -0.1) is 0 Å². The average molecular weight is 270 g/mol. The smallest absolute Gasteiger partial charge is 0.159 e. The number of rotatable bonds is 4. The molecule has 0 saturated heterocycles. The highest BCUT2D eigenvalue weighted by Gasteiger charge is 2.10. The minimum atomic E-state index is 0.786. The fourth-order valence-electron chi connectivity index (χ4n) is 2.34. The average Bonchev–Trinajstić information content (AvgIpc) is 2.36. The lowest BCUT2D eigenvalue weighted by Gasteiger charge is -2.12. The van der Waals surface area contributed by atoms with Gasteiger partial charge in [-0.3, -0.25) is 4.98 Å². The maximum Gasteiger partial charge on any atom is 0.159 e. The van der Waals surface area contributed by atoms with Crippen LogP contribution in [0.2, 0.25) is 0 Å². The Bertz CT molecular complexity index is 577. The van der Waals surface area contributed by atoms with E-state index in [0.29, 0.717) is 0 Å². The van der Waals surface area contributed by atoms with Gasteiger partial charge < -0.3 is 5.32 Å². The molecule has 2 aromatic rings. The lowest BCUT2D eigenvalue weighted by molar-refractivity contribution is 0.711. The van der Waals surface area contributed by atoms with E-state index in [9.17, 15) is 0 Å². The number of nitrogens with one attached hydrogen (secondary N) is 1. The van der Waals surface area contributed by atoms with Crippen molar-refractivity contribution in [3.63, 3.8) is 0 Å². The minimum Gasteiger partial charge on any atom is -0.313 e. The second kappa shape index (κ2) is 6.09. The zero-order chi connectivity index (χ0) is 14.7. The number of hydrogen-bond donors (Lipinski definition) is 1. The summed E-state index contributed by atoms with van der Waals surface area (Å²) in [6.45, 7) is 12.0. The quantitative estimate of drug-likeness (QED) is 0.928. The Morgan fingerprint density at radius 3 is 1.95 bits per heavy atom. The molecule has 0 aliphatic carbocycles. The third-order valence-electron chi connectivity index (χ3n) is 3.31. The van der Waals surface area contributed by atoms with Crippen LogP contribution in [0.15, 0.2) is 12.1 Å². The summed E-state index contributed by atoms with van der Waals surface area (Å²) in [5.74, 6) is 0.786. The van der Waals surface area contributed by atoms with Crippen molar-refractivity contribution in [2.75, 3.05) is 6.54 Å². The molecule has 1 N–H and O–H groups in total. The zero-order valence-electron chi connectivity index (χ0n) is 12.9. The van der Waals surface area contributed by atoms with Crippen molar-refractivity contribution in [1.29, 1.82) is 0 Å². The summed E-state index contributed by atoms with van der Waals surface area (Å²) < 4.78 is 0. The summed E-state index contributed by atoms with van der Waals surface area (Å²) >= 11 is 0. The molecule has 0 fully saturated rings. The van der Waals surface area contributed by atoms with Crippen LogP contribution in [-0.4, -0.2) is 21.5 Å². The Kier molecular flexibility index (Phi) is 4.45. The molecule has 0 aliphatic heterocycles. The molecule has 106 valence electrons. The number of nitrogens with zero attached hydrogens (tertiary/aromatic N) is 3. The molecule has 0 aliphatic rings. The number of pyridine rings is 1. The van der Waals surface area contributed by atoms with E-state index < -0.39 is 0 Å². The summed E-state index contributed by atoms with van der Waals surface area (Å²) in [5.41, 5.74) is 6.31. The summed E-state index contributed by atoms with van der Waals surface area (Å²) in [7, 11) is 0. The molecule has 0 amide bonds. The van der Waals surface area contributed by atoms with Gasteiger partial charge in [-0.05, 0) is 46.4 Å². The first-order chi connectivity index (χ1) is 9.51. The molecule has 0 radical (unpaired) electrons. The highest BCUT2D eigenvalue weighted by atomic mass is 14.9. The third kappa shape index (κ3) is 3.20. The number of aromatic nitrogens is 3. The second-order valence-corrected chi connectivity index (χ2v) is 5.12. The summed E-state index contributed by atoms with van der Waals surface area (Å²) in [6.07, 6.45) is 0. The van der Waals surface area contributed by atoms with E-state index in [4.69, 9.17) is 0 Å². The molecule has 0 aromatic carbocycles. The highest BCUT2D eigenvalue weighted by Crippen LogP contribution is 2.20.